The molecule has 8 heteroatoms. The van der Waals surface area contributed by atoms with Gasteiger partial charge in [-0.1, -0.05) is 11.6 Å². The third kappa shape index (κ3) is 3.76. The Hall–Kier alpha value is -1.80. The molecule has 0 aliphatic carbocycles. The summed E-state index contributed by atoms with van der Waals surface area (Å²) >= 11 is 0. The van der Waals surface area contributed by atoms with Crippen LogP contribution in [0.2, 0.25) is 0 Å². The fraction of sp³-hybridized carbons (Fsp3) is 0.733. The highest BCUT2D eigenvalue weighted by molar-refractivity contribution is 4.98. The van der Waals surface area contributed by atoms with Crippen LogP contribution in [-0.2, 0) is 24.8 Å². The molecule has 1 saturated heterocycles. The van der Waals surface area contributed by atoms with E-state index in [1.54, 1.807) is 7.11 Å². The Balaban J connectivity index is 1.73. The Kier molecular flexibility index (Phi) is 5.02. The van der Waals surface area contributed by atoms with Gasteiger partial charge in [0.2, 0.25) is 5.89 Å². The Morgan fingerprint density at radius 3 is 2.91 bits per heavy atom. The van der Waals surface area contributed by atoms with Crippen LogP contribution in [0.4, 0.5) is 0 Å². The topological polar surface area (TPSA) is 82.1 Å². The van der Waals surface area contributed by atoms with Crippen LogP contribution >= 0.6 is 0 Å². The van der Waals surface area contributed by atoms with E-state index in [0.717, 1.165) is 31.2 Å². The number of aromatic nitrogens is 5. The minimum atomic E-state index is 0.157. The molecular formula is C15H24N6O2. The lowest BCUT2D eigenvalue weighted by atomic mass is 10.0. The molecule has 0 unspecified atom stereocenters. The molecule has 1 aliphatic heterocycles. The summed E-state index contributed by atoms with van der Waals surface area (Å²) in [6.07, 6.45) is 4.06. The Morgan fingerprint density at radius 1 is 1.30 bits per heavy atom. The zero-order valence-electron chi connectivity index (χ0n) is 14.0. The second-order valence-corrected chi connectivity index (χ2v) is 5.97. The van der Waals surface area contributed by atoms with Gasteiger partial charge >= 0.3 is 0 Å². The van der Waals surface area contributed by atoms with E-state index in [-0.39, 0.29) is 6.04 Å². The van der Waals surface area contributed by atoms with Crippen LogP contribution < -0.4 is 0 Å². The van der Waals surface area contributed by atoms with Gasteiger partial charge in [0, 0.05) is 20.6 Å². The molecule has 3 rings (SSSR count). The van der Waals surface area contributed by atoms with Gasteiger partial charge in [-0.3, -0.25) is 9.58 Å². The SMILES string of the molecule is COCCc1noc([C@H]2CCCCN2Cc2nc(C)nn2C)n1. The van der Waals surface area contributed by atoms with Crippen LogP contribution in [0.3, 0.4) is 0 Å². The van der Waals surface area contributed by atoms with Crippen molar-refractivity contribution in [1.82, 2.24) is 29.8 Å². The quantitative estimate of drug-likeness (QED) is 0.796. The maximum Gasteiger partial charge on any atom is 0.244 e. The van der Waals surface area contributed by atoms with Crippen molar-refractivity contribution < 1.29 is 9.26 Å². The fourth-order valence-electron chi connectivity index (χ4n) is 3.03. The number of ether oxygens (including phenoxy) is 1. The third-order valence-corrected chi connectivity index (χ3v) is 4.22. The van der Waals surface area contributed by atoms with Crippen LogP contribution in [0.25, 0.3) is 0 Å². The molecule has 0 saturated carbocycles. The van der Waals surface area contributed by atoms with Crippen molar-refractivity contribution in [3.05, 3.63) is 23.4 Å². The number of nitrogens with zero attached hydrogens (tertiary/aromatic N) is 6. The van der Waals surface area contributed by atoms with E-state index in [0.29, 0.717) is 24.7 Å². The van der Waals surface area contributed by atoms with Crippen molar-refractivity contribution in [3.8, 4) is 0 Å². The van der Waals surface area contributed by atoms with Gasteiger partial charge in [-0.05, 0) is 26.3 Å². The van der Waals surface area contributed by atoms with Gasteiger partial charge < -0.3 is 9.26 Å². The Morgan fingerprint density at radius 2 is 2.17 bits per heavy atom. The zero-order valence-corrected chi connectivity index (χ0v) is 14.0. The number of hydrogen-bond donors (Lipinski definition) is 0. The number of piperidine rings is 1. The van der Waals surface area contributed by atoms with Gasteiger partial charge in [0.15, 0.2) is 5.82 Å². The summed E-state index contributed by atoms with van der Waals surface area (Å²) in [5.74, 6) is 3.18. The molecule has 0 spiro atoms. The van der Waals surface area contributed by atoms with Gasteiger partial charge in [-0.25, -0.2) is 4.98 Å². The maximum atomic E-state index is 5.50. The second-order valence-electron chi connectivity index (χ2n) is 5.97. The van der Waals surface area contributed by atoms with Gasteiger partial charge in [0.05, 0.1) is 19.2 Å². The summed E-state index contributed by atoms with van der Waals surface area (Å²) in [6.45, 7) is 4.27. The molecule has 3 heterocycles. The average molecular weight is 320 g/mol. The Bertz CT molecular complexity index is 638. The second kappa shape index (κ2) is 7.18. The highest BCUT2D eigenvalue weighted by atomic mass is 16.5. The van der Waals surface area contributed by atoms with Gasteiger partial charge in [-0.15, -0.1) is 0 Å². The average Bonchev–Trinajstić information content (AvgIpc) is 3.13. The lowest BCUT2D eigenvalue weighted by molar-refractivity contribution is 0.107. The standard InChI is InChI=1S/C15H24N6O2/c1-11-16-14(20(2)18-11)10-21-8-5-4-6-12(21)15-17-13(19-23-15)7-9-22-3/h12H,4-10H2,1-3H3/t12-/m1/s1. The number of methoxy groups -OCH3 is 1. The van der Waals surface area contributed by atoms with Crippen LogP contribution in [0.15, 0.2) is 4.52 Å². The van der Waals surface area contributed by atoms with E-state index in [4.69, 9.17) is 9.26 Å². The molecule has 0 bridgehead atoms. The summed E-state index contributed by atoms with van der Waals surface area (Å²) < 4.78 is 12.4. The monoisotopic (exact) mass is 320 g/mol. The van der Waals surface area contributed by atoms with E-state index in [1.807, 2.05) is 18.7 Å². The molecule has 2 aromatic rings. The molecule has 1 fully saturated rings. The van der Waals surface area contributed by atoms with E-state index >= 15 is 0 Å². The molecule has 1 atom stereocenters. The lowest BCUT2D eigenvalue weighted by Crippen LogP contribution is -2.34. The summed E-state index contributed by atoms with van der Waals surface area (Å²) in [7, 11) is 3.61. The molecule has 126 valence electrons. The molecule has 0 radical (unpaired) electrons. The van der Waals surface area contributed by atoms with E-state index in [1.165, 1.54) is 12.8 Å². The largest absolute Gasteiger partial charge is 0.384 e. The van der Waals surface area contributed by atoms with Crippen molar-refractivity contribution in [1.29, 1.82) is 0 Å². The molecule has 2 aromatic heterocycles. The predicted octanol–water partition coefficient (Wildman–Crippen LogP) is 1.42. The highest BCUT2D eigenvalue weighted by Gasteiger charge is 2.29. The molecule has 8 nitrogen and oxygen atoms in total. The Labute approximate surface area is 135 Å². The van der Waals surface area contributed by atoms with Crippen molar-refractivity contribution >= 4 is 0 Å². The van der Waals surface area contributed by atoms with Crippen LogP contribution in [-0.4, -0.2) is 50.1 Å². The summed E-state index contributed by atoms with van der Waals surface area (Å²) in [4.78, 5) is 11.4. The van der Waals surface area contributed by atoms with Gasteiger partial charge in [-0.2, -0.15) is 10.1 Å². The normalized spacial score (nSPS) is 19.3. The predicted molar refractivity (Wildman–Crippen MR) is 82.6 cm³/mol. The zero-order chi connectivity index (χ0) is 16.2. The molecule has 23 heavy (non-hydrogen) atoms. The minimum absolute atomic E-state index is 0.157. The molecular weight excluding hydrogens is 296 g/mol. The first-order valence-electron chi connectivity index (χ1n) is 8.09. The maximum absolute atomic E-state index is 5.50. The minimum Gasteiger partial charge on any atom is -0.384 e. The van der Waals surface area contributed by atoms with Crippen LogP contribution in [0.5, 0.6) is 0 Å². The molecule has 0 amide bonds. The van der Waals surface area contributed by atoms with Crippen LogP contribution in [0, 0.1) is 6.92 Å². The van der Waals surface area contributed by atoms with Crippen molar-refractivity contribution in [2.24, 2.45) is 7.05 Å². The smallest absolute Gasteiger partial charge is 0.244 e. The lowest BCUT2D eigenvalue weighted by Gasteiger charge is -2.32. The van der Waals surface area contributed by atoms with Crippen LogP contribution in [0.1, 0.15) is 48.7 Å². The highest BCUT2D eigenvalue weighted by Crippen LogP contribution is 2.30. The number of rotatable bonds is 6. The number of aryl methyl sites for hydroxylation is 2. The first-order valence-corrected chi connectivity index (χ1v) is 8.09. The van der Waals surface area contributed by atoms with E-state index in [9.17, 15) is 0 Å². The van der Waals surface area contributed by atoms with Crippen molar-refractivity contribution in [2.45, 2.75) is 45.2 Å². The van der Waals surface area contributed by atoms with Crippen molar-refractivity contribution in [3.63, 3.8) is 0 Å². The fourth-order valence-corrected chi connectivity index (χ4v) is 3.03. The third-order valence-electron chi connectivity index (χ3n) is 4.22. The number of likely N-dealkylation sites (tertiary alicyclic amines) is 1. The summed E-state index contributed by atoms with van der Waals surface area (Å²) in [5.41, 5.74) is 0. The summed E-state index contributed by atoms with van der Waals surface area (Å²) in [5, 5.41) is 8.39. The number of hydrogen-bond acceptors (Lipinski definition) is 7. The molecule has 1 aliphatic rings. The molecule has 0 N–H and O–H groups in total. The first kappa shape index (κ1) is 16.1. The summed E-state index contributed by atoms with van der Waals surface area (Å²) in [6, 6.07) is 0.157. The van der Waals surface area contributed by atoms with E-state index in [2.05, 4.69) is 25.1 Å². The molecule has 0 aromatic carbocycles. The van der Waals surface area contributed by atoms with Gasteiger partial charge in [0.25, 0.3) is 0 Å². The first-order chi connectivity index (χ1) is 11.2. The van der Waals surface area contributed by atoms with Crippen molar-refractivity contribution in [2.75, 3.05) is 20.3 Å². The van der Waals surface area contributed by atoms with Gasteiger partial charge in [0.1, 0.15) is 11.6 Å². The van der Waals surface area contributed by atoms with E-state index < -0.39 is 0 Å².